The van der Waals surface area contributed by atoms with Crippen LogP contribution in [0.15, 0.2) is 42.9 Å². The number of rotatable bonds is 2. The van der Waals surface area contributed by atoms with E-state index in [0.717, 1.165) is 35.5 Å². The molecule has 1 N–H and O–H groups in total. The van der Waals surface area contributed by atoms with Gasteiger partial charge >= 0.3 is 0 Å². The molecule has 0 spiro atoms. The number of fused-ring (bicyclic) bond motifs is 2. The van der Waals surface area contributed by atoms with Gasteiger partial charge in [-0.05, 0) is 23.8 Å². The van der Waals surface area contributed by atoms with Gasteiger partial charge in [-0.2, -0.15) is 0 Å². The molecule has 27 heavy (non-hydrogen) atoms. The Balaban J connectivity index is 1.50. The molecule has 4 heterocycles. The Hall–Kier alpha value is -2.96. The Morgan fingerprint density at radius 2 is 2.11 bits per heavy atom. The fraction of sp³-hybridized carbons (Fsp3) is 0.350. The fourth-order valence-corrected chi connectivity index (χ4v) is 4.77. The Morgan fingerprint density at radius 3 is 2.93 bits per heavy atom. The van der Waals surface area contributed by atoms with Gasteiger partial charge in [0, 0.05) is 44.6 Å². The number of carbonyl (C=O) groups excluding carboxylic acids is 1. The quantitative estimate of drug-likeness (QED) is 0.758. The summed E-state index contributed by atoms with van der Waals surface area (Å²) in [6.07, 6.45) is 3.45. The summed E-state index contributed by atoms with van der Waals surface area (Å²) in [5.41, 5.74) is 1.69. The summed E-state index contributed by atoms with van der Waals surface area (Å²) in [4.78, 5) is 28.3. The molecule has 3 aromatic rings. The molecule has 1 amide bonds. The second-order valence-electron chi connectivity index (χ2n) is 7.44. The fourth-order valence-electron chi connectivity index (χ4n) is 4.77. The molecule has 2 saturated heterocycles. The SMILES string of the molecule is CC(=O)N1C[C@H]2CN(c3ncnc4[nH]ccc34)C[C@H]2[C@@H]1c1cccc(F)c1. The molecule has 2 aromatic heterocycles. The first kappa shape index (κ1) is 16.2. The van der Waals surface area contributed by atoms with Crippen LogP contribution < -0.4 is 4.90 Å². The van der Waals surface area contributed by atoms with Gasteiger partial charge < -0.3 is 14.8 Å². The van der Waals surface area contributed by atoms with Crippen LogP contribution in [0.2, 0.25) is 0 Å². The minimum Gasteiger partial charge on any atom is -0.355 e. The largest absolute Gasteiger partial charge is 0.355 e. The van der Waals surface area contributed by atoms with Crippen LogP contribution >= 0.6 is 0 Å². The van der Waals surface area contributed by atoms with Crippen LogP contribution in [0.3, 0.4) is 0 Å². The van der Waals surface area contributed by atoms with Crippen LogP contribution in [0.5, 0.6) is 0 Å². The van der Waals surface area contributed by atoms with Crippen molar-refractivity contribution in [3.05, 3.63) is 54.2 Å². The number of halogens is 1. The van der Waals surface area contributed by atoms with Crippen LogP contribution in [-0.2, 0) is 4.79 Å². The van der Waals surface area contributed by atoms with Gasteiger partial charge in [0.25, 0.3) is 0 Å². The molecule has 2 aliphatic heterocycles. The van der Waals surface area contributed by atoms with E-state index in [1.54, 1.807) is 25.4 Å². The van der Waals surface area contributed by atoms with E-state index >= 15 is 0 Å². The first-order valence-electron chi connectivity index (χ1n) is 9.17. The monoisotopic (exact) mass is 365 g/mol. The van der Waals surface area contributed by atoms with Crippen molar-refractivity contribution in [2.75, 3.05) is 24.5 Å². The summed E-state index contributed by atoms with van der Waals surface area (Å²) in [6.45, 7) is 3.91. The molecule has 0 aliphatic carbocycles. The summed E-state index contributed by atoms with van der Waals surface area (Å²) >= 11 is 0. The number of nitrogens with one attached hydrogen (secondary N) is 1. The number of benzene rings is 1. The number of aromatic nitrogens is 3. The van der Waals surface area contributed by atoms with Gasteiger partial charge in [0.1, 0.15) is 23.6 Å². The van der Waals surface area contributed by atoms with E-state index in [9.17, 15) is 9.18 Å². The maximum Gasteiger partial charge on any atom is 0.219 e. The van der Waals surface area contributed by atoms with Crippen LogP contribution in [0.4, 0.5) is 10.2 Å². The highest BCUT2D eigenvalue weighted by molar-refractivity contribution is 5.87. The predicted molar refractivity (Wildman–Crippen MR) is 99.6 cm³/mol. The van der Waals surface area contributed by atoms with E-state index < -0.39 is 0 Å². The molecule has 0 bridgehead atoms. The number of H-pyrrole nitrogens is 1. The Labute approximate surface area is 156 Å². The Morgan fingerprint density at radius 1 is 1.22 bits per heavy atom. The molecule has 2 fully saturated rings. The number of aromatic amines is 1. The van der Waals surface area contributed by atoms with Crippen LogP contribution in [0, 0.1) is 17.7 Å². The van der Waals surface area contributed by atoms with Gasteiger partial charge in [-0.15, -0.1) is 0 Å². The van der Waals surface area contributed by atoms with Crippen molar-refractivity contribution in [1.82, 2.24) is 19.9 Å². The number of nitrogens with zero attached hydrogens (tertiary/aromatic N) is 4. The van der Waals surface area contributed by atoms with Crippen LogP contribution in [0.25, 0.3) is 11.0 Å². The average molecular weight is 365 g/mol. The molecular formula is C20H20FN5O. The van der Waals surface area contributed by atoms with Gasteiger partial charge in [-0.3, -0.25) is 4.79 Å². The van der Waals surface area contributed by atoms with Crippen molar-refractivity contribution >= 4 is 22.8 Å². The highest BCUT2D eigenvalue weighted by Crippen LogP contribution is 2.46. The number of hydrogen-bond donors (Lipinski definition) is 1. The van der Waals surface area contributed by atoms with Crippen molar-refractivity contribution in [3.63, 3.8) is 0 Å². The van der Waals surface area contributed by atoms with E-state index in [1.165, 1.54) is 6.07 Å². The van der Waals surface area contributed by atoms with E-state index in [2.05, 4.69) is 19.9 Å². The topological polar surface area (TPSA) is 65.1 Å². The number of amides is 1. The lowest BCUT2D eigenvalue weighted by Gasteiger charge is -2.29. The standard InChI is InChI=1S/C20H20FN5O/c1-12(27)26-9-14-8-25(20-16-5-6-22-19(16)23-11-24-20)10-17(14)18(26)13-3-2-4-15(21)7-13/h2-7,11,14,17-18H,8-10H2,1H3,(H,22,23,24)/t14-,17-,18+/m1/s1. The lowest BCUT2D eigenvalue weighted by molar-refractivity contribution is -0.130. The van der Waals surface area contributed by atoms with Crippen LogP contribution in [0.1, 0.15) is 18.5 Å². The highest BCUT2D eigenvalue weighted by Gasteiger charge is 2.49. The van der Waals surface area contributed by atoms with Crippen molar-refractivity contribution in [3.8, 4) is 0 Å². The Bertz CT molecular complexity index is 1020. The minimum absolute atomic E-state index is 0.0419. The first-order valence-corrected chi connectivity index (χ1v) is 9.17. The molecule has 7 heteroatoms. The smallest absolute Gasteiger partial charge is 0.219 e. The van der Waals surface area contributed by atoms with E-state index in [1.807, 2.05) is 23.2 Å². The minimum atomic E-state index is -0.265. The van der Waals surface area contributed by atoms with Crippen molar-refractivity contribution in [2.45, 2.75) is 13.0 Å². The van der Waals surface area contributed by atoms with Crippen molar-refractivity contribution < 1.29 is 9.18 Å². The molecule has 5 rings (SSSR count). The zero-order valence-electron chi connectivity index (χ0n) is 15.0. The van der Waals surface area contributed by atoms with E-state index in [0.29, 0.717) is 12.5 Å². The molecule has 3 atom stereocenters. The molecule has 0 unspecified atom stereocenters. The molecule has 0 saturated carbocycles. The molecule has 138 valence electrons. The van der Waals surface area contributed by atoms with Gasteiger partial charge in [-0.25, -0.2) is 14.4 Å². The maximum atomic E-state index is 13.8. The zero-order valence-corrected chi connectivity index (χ0v) is 15.0. The summed E-state index contributed by atoms with van der Waals surface area (Å²) in [5.74, 6) is 1.29. The number of hydrogen-bond acceptors (Lipinski definition) is 4. The highest BCUT2D eigenvalue weighted by atomic mass is 19.1. The second kappa shape index (κ2) is 6.04. The molecule has 1 aromatic carbocycles. The number of carbonyl (C=O) groups is 1. The number of anilines is 1. The summed E-state index contributed by atoms with van der Waals surface area (Å²) in [5, 5.41) is 1.00. The summed E-state index contributed by atoms with van der Waals surface area (Å²) in [6, 6.07) is 8.53. The van der Waals surface area contributed by atoms with Gasteiger partial charge in [0.15, 0.2) is 0 Å². The van der Waals surface area contributed by atoms with E-state index in [4.69, 9.17) is 0 Å². The molecule has 6 nitrogen and oxygen atoms in total. The molecular weight excluding hydrogens is 345 g/mol. The lowest BCUT2D eigenvalue weighted by Crippen LogP contribution is -2.34. The predicted octanol–water partition coefficient (Wildman–Crippen LogP) is 2.75. The third-order valence-electron chi connectivity index (χ3n) is 5.89. The molecule has 0 radical (unpaired) electrons. The second-order valence-corrected chi connectivity index (χ2v) is 7.44. The molecule has 2 aliphatic rings. The normalized spacial score (nSPS) is 24.6. The maximum absolute atomic E-state index is 13.8. The number of likely N-dealkylation sites (tertiary alicyclic amines) is 1. The third-order valence-corrected chi connectivity index (χ3v) is 5.89. The summed E-state index contributed by atoms with van der Waals surface area (Å²) in [7, 11) is 0. The average Bonchev–Trinajstić information content (AvgIpc) is 3.34. The summed E-state index contributed by atoms with van der Waals surface area (Å²) < 4.78 is 13.8. The first-order chi connectivity index (χ1) is 13.1. The van der Waals surface area contributed by atoms with Gasteiger partial charge in [0.05, 0.1) is 11.4 Å². The van der Waals surface area contributed by atoms with E-state index in [-0.39, 0.29) is 23.7 Å². The van der Waals surface area contributed by atoms with Gasteiger partial charge in [-0.1, -0.05) is 12.1 Å². The van der Waals surface area contributed by atoms with Crippen LogP contribution in [-0.4, -0.2) is 45.4 Å². The lowest BCUT2D eigenvalue weighted by atomic mass is 9.89. The van der Waals surface area contributed by atoms with Crippen molar-refractivity contribution in [1.29, 1.82) is 0 Å². The third kappa shape index (κ3) is 2.57. The zero-order chi connectivity index (χ0) is 18.5. The van der Waals surface area contributed by atoms with Crippen molar-refractivity contribution in [2.24, 2.45) is 11.8 Å². The Kier molecular flexibility index (Phi) is 3.63. The van der Waals surface area contributed by atoms with Gasteiger partial charge in [0.2, 0.25) is 5.91 Å².